The standard InChI is InChI=1S/C13H14ClFN2OS/c14-9-5-11-12(6-10(9)15)17(13(19)16-11)3-4-18-7-8-1-2-8/h5-6,8H,1-4,7H2,(H,16,19). The molecule has 0 amide bonds. The number of nitrogens with one attached hydrogen (secondary N) is 1. The highest BCUT2D eigenvalue weighted by Crippen LogP contribution is 2.28. The van der Waals surface area contributed by atoms with Crippen molar-refractivity contribution in [2.45, 2.75) is 19.4 Å². The summed E-state index contributed by atoms with van der Waals surface area (Å²) >= 11 is 11.0. The third kappa shape index (κ3) is 2.83. The maximum absolute atomic E-state index is 13.5. The van der Waals surface area contributed by atoms with Gasteiger partial charge < -0.3 is 14.3 Å². The number of imidazole rings is 1. The fourth-order valence-electron chi connectivity index (χ4n) is 2.06. The molecule has 1 saturated carbocycles. The lowest BCUT2D eigenvalue weighted by Gasteiger charge is -2.06. The summed E-state index contributed by atoms with van der Waals surface area (Å²) in [4.78, 5) is 3.03. The second kappa shape index (κ2) is 5.23. The second-order valence-corrected chi connectivity index (χ2v) is 5.68. The topological polar surface area (TPSA) is 29.9 Å². The Morgan fingerprint density at radius 1 is 1.47 bits per heavy atom. The first kappa shape index (κ1) is 13.1. The molecule has 0 saturated heterocycles. The van der Waals surface area contributed by atoms with Crippen LogP contribution in [0.25, 0.3) is 11.0 Å². The van der Waals surface area contributed by atoms with Crippen LogP contribution in [0.2, 0.25) is 5.02 Å². The highest BCUT2D eigenvalue weighted by Gasteiger charge is 2.21. The van der Waals surface area contributed by atoms with Gasteiger partial charge in [-0.05, 0) is 37.0 Å². The van der Waals surface area contributed by atoms with Gasteiger partial charge >= 0.3 is 0 Å². The van der Waals surface area contributed by atoms with E-state index in [0.717, 1.165) is 23.6 Å². The summed E-state index contributed by atoms with van der Waals surface area (Å²) in [7, 11) is 0. The van der Waals surface area contributed by atoms with Crippen molar-refractivity contribution < 1.29 is 9.13 Å². The largest absolute Gasteiger partial charge is 0.379 e. The number of hydrogen-bond acceptors (Lipinski definition) is 2. The molecule has 3 rings (SSSR count). The van der Waals surface area contributed by atoms with Crippen LogP contribution in [-0.2, 0) is 11.3 Å². The van der Waals surface area contributed by atoms with Crippen molar-refractivity contribution in [2.75, 3.05) is 13.2 Å². The predicted octanol–water partition coefficient (Wildman–Crippen LogP) is 3.92. The van der Waals surface area contributed by atoms with Crippen molar-refractivity contribution in [3.63, 3.8) is 0 Å². The average Bonchev–Trinajstić information content (AvgIpc) is 3.13. The van der Waals surface area contributed by atoms with Gasteiger partial charge in [0.25, 0.3) is 0 Å². The smallest absolute Gasteiger partial charge is 0.178 e. The molecule has 1 aliphatic rings. The van der Waals surface area contributed by atoms with Crippen molar-refractivity contribution in [1.82, 2.24) is 9.55 Å². The number of hydrogen-bond donors (Lipinski definition) is 1. The quantitative estimate of drug-likeness (QED) is 0.670. The molecule has 3 nitrogen and oxygen atoms in total. The van der Waals surface area contributed by atoms with E-state index in [2.05, 4.69) is 4.98 Å². The highest BCUT2D eigenvalue weighted by molar-refractivity contribution is 7.71. The minimum atomic E-state index is -0.434. The van der Waals surface area contributed by atoms with Crippen LogP contribution < -0.4 is 0 Å². The molecule has 1 aromatic heterocycles. The Morgan fingerprint density at radius 2 is 2.26 bits per heavy atom. The third-order valence-corrected chi connectivity index (χ3v) is 3.94. The maximum Gasteiger partial charge on any atom is 0.178 e. The Bertz CT molecular complexity index is 662. The maximum atomic E-state index is 13.5. The molecule has 1 aromatic carbocycles. The van der Waals surface area contributed by atoms with E-state index < -0.39 is 5.82 Å². The Kier molecular flexibility index (Phi) is 3.60. The number of fused-ring (bicyclic) bond motifs is 1. The molecule has 0 bridgehead atoms. The van der Waals surface area contributed by atoms with Crippen LogP contribution in [0.3, 0.4) is 0 Å². The summed E-state index contributed by atoms with van der Waals surface area (Å²) in [6.07, 6.45) is 2.55. The van der Waals surface area contributed by atoms with Crippen LogP contribution in [0.1, 0.15) is 12.8 Å². The zero-order chi connectivity index (χ0) is 13.4. The minimum Gasteiger partial charge on any atom is -0.379 e. The van der Waals surface area contributed by atoms with Gasteiger partial charge in [0.2, 0.25) is 0 Å². The zero-order valence-electron chi connectivity index (χ0n) is 10.3. The van der Waals surface area contributed by atoms with Crippen LogP contribution in [-0.4, -0.2) is 22.8 Å². The molecular formula is C13H14ClFN2OS. The number of H-pyrrole nitrogens is 1. The normalized spacial score (nSPS) is 15.3. The molecule has 0 spiro atoms. The SMILES string of the molecule is Fc1cc2c(cc1Cl)[nH]c(=S)n2CCOCC1CC1. The first-order valence-electron chi connectivity index (χ1n) is 6.30. The molecule has 6 heteroatoms. The van der Waals surface area contributed by atoms with Crippen LogP contribution in [0, 0.1) is 16.5 Å². The number of ether oxygens (including phenoxy) is 1. The summed E-state index contributed by atoms with van der Waals surface area (Å²) < 4.78 is 21.5. The van der Waals surface area contributed by atoms with Crippen molar-refractivity contribution in [3.8, 4) is 0 Å². The minimum absolute atomic E-state index is 0.0980. The summed E-state index contributed by atoms with van der Waals surface area (Å²) in [6, 6.07) is 2.97. The van der Waals surface area contributed by atoms with Crippen molar-refractivity contribution in [1.29, 1.82) is 0 Å². The number of nitrogens with zero attached hydrogens (tertiary/aromatic N) is 1. The third-order valence-electron chi connectivity index (χ3n) is 3.33. The molecule has 1 fully saturated rings. The molecule has 1 N–H and O–H groups in total. The van der Waals surface area contributed by atoms with E-state index in [1.54, 1.807) is 6.07 Å². The van der Waals surface area contributed by atoms with Gasteiger partial charge in [-0.2, -0.15) is 0 Å². The van der Waals surface area contributed by atoms with Gasteiger partial charge in [0.15, 0.2) is 4.77 Å². The Balaban J connectivity index is 1.78. The molecule has 0 aliphatic heterocycles. The first-order chi connectivity index (χ1) is 9.15. The van der Waals surface area contributed by atoms with Gasteiger partial charge in [-0.3, -0.25) is 0 Å². The van der Waals surface area contributed by atoms with E-state index in [9.17, 15) is 4.39 Å². The fourth-order valence-corrected chi connectivity index (χ4v) is 2.53. The predicted molar refractivity (Wildman–Crippen MR) is 75.6 cm³/mol. The van der Waals surface area contributed by atoms with Crippen LogP contribution in [0.5, 0.6) is 0 Å². The van der Waals surface area contributed by atoms with Gasteiger partial charge in [0.05, 0.1) is 22.7 Å². The lowest BCUT2D eigenvalue weighted by atomic mass is 10.3. The van der Waals surface area contributed by atoms with Crippen molar-refractivity contribution in [3.05, 3.63) is 27.7 Å². The number of benzene rings is 1. The molecule has 1 aliphatic carbocycles. The molecule has 19 heavy (non-hydrogen) atoms. The van der Waals surface area contributed by atoms with Gasteiger partial charge in [-0.1, -0.05) is 11.6 Å². The van der Waals surface area contributed by atoms with E-state index in [4.69, 9.17) is 28.6 Å². The van der Waals surface area contributed by atoms with E-state index in [1.165, 1.54) is 18.9 Å². The number of rotatable bonds is 5. The molecule has 102 valence electrons. The summed E-state index contributed by atoms with van der Waals surface area (Å²) in [5.74, 6) is 0.308. The summed E-state index contributed by atoms with van der Waals surface area (Å²) in [5.41, 5.74) is 1.47. The first-order valence-corrected chi connectivity index (χ1v) is 7.09. The summed E-state index contributed by atoms with van der Waals surface area (Å²) in [6.45, 7) is 2.02. The number of aromatic nitrogens is 2. The fraction of sp³-hybridized carbons (Fsp3) is 0.462. The average molecular weight is 301 g/mol. The summed E-state index contributed by atoms with van der Waals surface area (Å²) in [5, 5.41) is 0.0980. The monoisotopic (exact) mass is 300 g/mol. The van der Waals surface area contributed by atoms with Crippen LogP contribution in [0.4, 0.5) is 4.39 Å². The van der Waals surface area contributed by atoms with E-state index in [-0.39, 0.29) is 5.02 Å². The number of aromatic amines is 1. The molecular weight excluding hydrogens is 287 g/mol. The van der Waals surface area contributed by atoms with Gasteiger partial charge in [-0.25, -0.2) is 4.39 Å². The van der Waals surface area contributed by atoms with Gasteiger partial charge in [0, 0.05) is 19.2 Å². The lowest BCUT2D eigenvalue weighted by Crippen LogP contribution is -2.07. The zero-order valence-corrected chi connectivity index (χ0v) is 11.9. The van der Waals surface area contributed by atoms with E-state index >= 15 is 0 Å². The molecule has 0 radical (unpaired) electrons. The van der Waals surface area contributed by atoms with Crippen molar-refractivity contribution >= 4 is 34.9 Å². The Labute approximate surface area is 120 Å². The van der Waals surface area contributed by atoms with Gasteiger partial charge in [-0.15, -0.1) is 0 Å². The van der Waals surface area contributed by atoms with E-state index in [1.807, 2.05) is 4.57 Å². The van der Waals surface area contributed by atoms with E-state index in [0.29, 0.717) is 17.9 Å². The van der Waals surface area contributed by atoms with Crippen LogP contribution >= 0.6 is 23.8 Å². The van der Waals surface area contributed by atoms with Crippen molar-refractivity contribution in [2.24, 2.45) is 5.92 Å². The lowest BCUT2D eigenvalue weighted by molar-refractivity contribution is 0.117. The number of halogens is 2. The molecule has 2 aromatic rings. The molecule has 0 unspecified atom stereocenters. The Hall–Kier alpha value is -0.910. The molecule has 0 atom stereocenters. The van der Waals surface area contributed by atoms with Gasteiger partial charge in [0.1, 0.15) is 5.82 Å². The second-order valence-electron chi connectivity index (χ2n) is 4.88. The highest BCUT2D eigenvalue weighted by atomic mass is 35.5. The van der Waals surface area contributed by atoms with Crippen LogP contribution in [0.15, 0.2) is 12.1 Å². The Morgan fingerprint density at radius 3 is 3.00 bits per heavy atom. The molecule has 1 heterocycles.